The van der Waals surface area contributed by atoms with Gasteiger partial charge in [0, 0.05) is 18.7 Å². The highest BCUT2D eigenvalue weighted by atomic mass is 35.5. The largest absolute Gasteiger partial charge is 0.449 e. The quantitative estimate of drug-likeness (QED) is 0.508. The van der Waals surface area contributed by atoms with Gasteiger partial charge >= 0.3 is 5.97 Å². The molecule has 0 bridgehead atoms. The highest BCUT2D eigenvalue weighted by Gasteiger charge is 2.36. The van der Waals surface area contributed by atoms with Gasteiger partial charge in [0.2, 0.25) is 0 Å². The summed E-state index contributed by atoms with van der Waals surface area (Å²) in [5.74, 6) is -1.07. The minimum absolute atomic E-state index is 0.0511. The zero-order valence-corrected chi connectivity index (χ0v) is 17.4. The van der Waals surface area contributed by atoms with Gasteiger partial charge in [0.1, 0.15) is 0 Å². The van der Waals surface area contributed by atoms with Crippen LogP contribution in [-0.2, 0) is 24.2 Å². The monoisotopic (exact) mass is 433 g/mol. The number of benzene rings is 1. The molecule has 1 aliphatic rings. The fraction of sp³-hybridized carbons (Fsp3) is 0.444. The van der Waals surface area contributed by atoms with E-state index in [1.807, 2.05) is 0 Å². The molecule has 2 atom stereocenters. The molecule has 0 spiro atoms. The lowest BCUT2D eigenvalue weighted by atomic mass is 10.2. The summed E-state index contributed by atoms with van der Waals surface area (Å²) < 4.78 is 28.4. The Hall–Kier alpha value is -1.57. The number of carbonyl (C=O) groups is 2. The SMILES string of the molecule is CCN(C(=O)C(C)OC(=O)/C=C/c1ccc(Cl)c(Cl)c1)C1CCS(=O)(=O)C1. The average Bonchev–Trinajstić information content (AvgIpc) is 2.96. The zero-order chi connectivity index (χ0) is 20.2. The second kappa shape index (κ2) is 9.08. The van der Waals surface area contributed by atoms with Crippen molar-refractivity contribution in [2.75, 3.05) is 18.1 Å². The molecule has 1 saturated heterocycles. The Kier molecular flexibility index (Phi) is 7.31. The van der Waals surface area contributed by atoms with Gasteiger partial charge in [-0.3, -0.25) is 4.79 Å². The van der Waals surface area contributed by atoms with E-state index >= 15 is 0 Å². The zero-order valence-electron chi connectivity index (χ0n) is 15.0. The van der Waals surface area contributed by atoms with Crippen molar-refractivity contribution in [1.82, 2.24) is 4.90 Å². The number of esters is 1. The molecule has 0 N–H and O–H groups in total. The third-order valence-corrected chi connectivity index (χ3v) is 6.76. The molecule has 1 fully saturated rings. The Balaban J connectivity index is 1.96. The molecule has 2 rings (SSSR count). The minimum Gasteiger partial charge on any atom is -0.449 e. The van der Waals surface area contributed by atoms with Crippen molar-refractivity contribution in [3.63, 3.8) is 0 Å². The number of carbonyl (C=O) groups excluding carboxylic acids is 2. The van der Waals surface area contributed by atoms with E-state index < -0.39 is 27.8 Å². The van der Waals surface area contributed by atoms with Crippen LogP contribution >= 0.6 is 23.2 Å². The molecule has 0 aromatic heterocycles. The van der Waals surface area contributed by atoms with Gasteiger partial charge in [-0.15, -0.1) is 0 Å². The molecule has 6 nitrogen and oxygen atoms in total. The molecule has 1 aromatic carbocycles. The molecule has 9 heteroatoms. The summed E-state index contributed by atoms with van der Waals surface area (Å²) >= 11 is 11.7. The van der Waals surface area contributed by atoms with Gasteiger partial charge in [-0.05, 0) is 44.0 Å². The van der Waals surface area contributed by atoms with E-state index in [0.717, 1.165) is 0 Å². The first-order valence-corrected chi connectivity index (χ1v) is 11.1. The van der Waals surface area contributed by atoms with E-state index in [0.29, 0.717) is 28.6 Å². The van der Waals surface area contributed by atoms with Crippen molar-refractivity contribution >= 4 is 51.0 Å². The molecule has 27 heavy (non-hydrogen) atoms. The normalized spacial score (nSPS) is 19.8. The number of rotatable bonds is 6. The van der Waals surface area contributed by atoms with Crippen molar-refractivity contribution in [3.8, 4) is 0 Å². The van der Waals surface area contributed by atoms with E-state index in [1.54, 1.807) is 25.1 Å². The summed E-state index contributed by atoms with van der Waals surface area (Å²) in [5, 5.41) is 0.769. The first-order valence-electron chi connectivity index (χ1n) is 8.47. The van der Waals surface area contributed by atoms with E-state index in [4.69, 9.17) is 27.9 Å². The molecule has 1 heterocycles. The number of halogens is 2. The van der Waals surface area contributed by atoms with Gasteiger partial charge in [0.15, 0.2) is 15.9 Å². The van der Waals surface area contributed by atoms with Gasteiger partial charge in [-0.25, -0.2) is 13.2 Å². The van der Waals surface area contributed by atoms with Crippen LogP contribution in [0.25, 0.3) is 6.08 Å². The number of sulfone groups is 1. The number of hydrogen-bond acceptors (Lipinski definition) is 5. The standard InChI is InChI=1S/C18H21Cl2NO5S/c1-3-21(14-8-9-27(24,25)11-14)18(23)12(2)26-17(22)7-5-13-4-6-15(19)16(20)10-13/h4-7,10,12,14H,3,8-9,11H2,1-2H3/b7-5+. The first-order chi connectivity index (χ1) is 12.6. The Morgan fingerprint density at radius 3 is 2.59 bits per heavy atom. The van der Waals surface area contributed by atoms with Gasteiger partial charge in [-0.2, -0.15) is 0 Å². The van der Waals surface area contributed by atoms with Crippen LogP contribution in [0.2, 0.25) is 10.0 Å². The molecule has 148 valence electrons. The summed E-state index contributed by atoms with van der Waals surface area (Å²) in [7, 11) is -3.11. The number of nitrogens with zero attached hydrogens (tertiary/aromatic N) is 1. The maximum Gasteiger partial charge on any atom is 0.331 e. The summed E-state index contributed by atoms with van der Waals surface area (Å²) in [6.45, 7) is 3.58. The number of hydrogen-bond donors (Lipinski definition) is 0. The minimum atomic E-state index is -3.11. The third kappa shape index (κ3) is 5.96. The second-order valence-electron chi connectivity index (χ2n) is 6.27. The average molecular weight is 434 g/mol. The first kappa shape index (κ1) is 21.7. The summed E-state index contributed by atoms with van der Waals surface area (Å²) in [6.07, 6.45) is 2.08. The predicted octanol–water partition coefficient (Wildman–Crippen LogP) is 2.97. The molecule has 1 amide bonds. The molecule has 0 saturated carbocycles. The number of likely N-dealkylation sites (N-methyl/N-ethyl adjacent to an activating group) is 1. The smallest absolute Gasteiger partial charge is 0.331 e. The van der Waals surface area contributed by atoms with Crippen LogP contribution < -0.4 is 0 Å². The molecule has 2 unspecified atom stereocenters. The summed E-state index contributed by atoms with van der Waals surface area (Å²) in [4.78, 5) is 26.0. The van der Waals surface area contributed by atoms with Crippen LogP contribution in [0.1, 0.15) is 25.8 Å². The van der Waals surface area contributed by atoms with Crippen molar-refractivity contribution in [1.29, 1.82) is 0 Å². The molecular weight excluding hydrogens is 413 g/mol. The van der Waals surface area contributed by atoms with Gasteiger partial charge in [0.25, 0.3) is 5.91 Å². The Labute approximate surface area is 169 Å². The van der Waals surface area contributed by atoms with Crippen molar-refractivity contribution in [2.45, 2.75) is 32.4 Å². The third-order valence-electron chi connectivity index (χ3n) is 4.27. The van der Waals surface area contributed by atoms with Crippen LogP contribution in [0.5, 0.6) is 0 Å². The Morgan fingerprint density at radius 1 is 1.33 bits per heavy atom. The van der Waals surface area contributed by atoms with Crippen molar-refractivity contribution < 1.29 is 22.7 Å². The van der Waals surface area contributed by atoms with E-state index in [2.05, 4.69) is 0 Å². The maximum absolute atomic E-state index is 12.6. The molecular formula is C18H21Cl2NO5S. The van der Waals surface area contributed by atoms with Crippen LogP contribution in [0.3, 0.4) is 0 Å². The van der Waals surface area contributed by atoms with Gasteiger partial charge in [0.05, 0.1) is 21.6 Å². The van der Waals surface area contributed by atoms with Crippen LogP contribution in [0.4, 0.5) is 0 Å². The van der Waals surface area contributed by atoms with Crippen LogP contribution in [0, 0.1) is 0 Å². The van der Waals surface area contributed by atoms with E-state index in [-0.39, 0.29) is 17.5 Å². The Morgan fingerprint density at radius 2 is 2.04 bits per heavy atom. The summed E-state index contributed by atoms with van der Waals surface area (Å²) in [5.41, 5.74) is 0.659. The Bertz CT molecular complexity index is 853. The lowest BCUT2D eigenvalue weighted by Crippen LogP contribution is -2.46. The highest BCUT2D eigenvalue weighted by molar-refractivity contribution is 7.91. The fourth-order valence-corrected chi connectivity index (χ4v) is 4.93. The summed E-state index contributed by atoms with van der Waals surface area (Å²) in [6, 6.07) is 4.52. The molecule has 0 aliphatic carbocycles. The van der Waals surface area contributed by atoms with Gasteiger partial charge < -0.3 is 9.64 Å². The lowest BCUT2D eigenvalue weighted by molar-refractivity contribution is -0.156. The number of amides is 1. The lowest BCUT2D eigenvalue weighted by Gasteiger charge is -2.29. The topological polar surface area (TPSA) is 80.8 Å². The van der Waals surface area contributed by atoms with Crippen LogP contribution in [0.15, 0.2) is 24.3 Å². The van der Waals surface area contributed by atoms with E-state index in [9.17, 15) is 18.0 Å². The second-order valence-corrected chi connectivity index (χ2v) is 9.31. The number of ether oxygens (including phenoxy) is 1. The van der Waals surface area contributed by atoms with E-state index in [1.165, 1.54) is 24.0 Å². The molecule has 0 radical (unpaired) electrons. The predicted molar refractivity (Wildman–Crippen MR) is 105 cm³/mol. The van der Waals surface area contributed by atoms with Crippen molar-refractivity contribution in [2.24, 2.45) is 0 Å². The molecule has 1 aromatic rings. The van der Waals surface area contributed by atoms with Gasteiger partial charge in [-0.1, -0.05) is 29.3 Å². The highest BCUT2D eigenvalue weighted by Crippen LogP contribution is 2.23. The molecule has 1 aliphatic heterocycles. The van der Waals surface area contributed by atoms with Crippen LogP contribution in [-0.4, -0.2) is 55.4 Å². The fourth-order valence-electron chi connectivity index (χ4n) is 2.89. The maximum atomic E-state index is 12.6. The van der Waals surface area contributed by atoms with Crippen molar-refractivity contribution in [3.05, 3.63) is 39.9 Å².